The number of ketones is 1. The minimum absolute atomic E-state index is 0.0959. The SMILES string of the molecule is Cc1nnc(CN2CCCC2)n1-c1ccccc1C(=O)c1ccccn1. The number of hydrogen-bond donors (Lipinski definition) is 0. The van der Waals surface area contributed by atoms with E-state index in [-0.39, 0.29) is 5.78 Å². The molecule has 0 amide bonds. The molecule has 4 rings (SSSR count). The lowest BCUT2D eigenvalue weighted by Gasteiger charge is -2.17. The lowest BCUT2D eigenvalue weighted by molar-refractivity contribution is 0.103. The first kappa shape index (κ1) is 16.6. The van der Waals surface area contributed by atoms with Crippen molar-refractivity contribution in [1.29, 1.82) is 0 Å². The summed E-state index contributed by atoms with van der Waals surface area (Å²) in [4.78, 5) is 19.6. The normalized spacial score (nSPS) is 14.7. The second kappa shape index (κ2) is 7.17. The average Bonchev–Trinajstić information content (AvgIpc) is 3.32. The molecule has 3 heterocycles. The molecule has 1 aromatic carbocycles. The van der Waals surface area contributed by atoms with Gasteiger partial charge in [-0.2, -0.15) is 0 Å². The maximum atomic E-state index is 13.0. The number of pyridine rings is 1. The fourth-order valence-electron chi connectivity index (χ4n) is 3.46. The van der Waals surface area contributed by atoms with E-state index < -0.39 is 0 Å². The molecule has 0 radical (unpaired) electrons. The highest BCUT2D eigenvalue weighted by molar-refractivity contribution is 6.10. The lowest BCUT2D eigenvalue weighted by Crippen LogP contribution is -2.22. The van der Waals surface area contributed by atoms with Crippen LogP contribution in [0.2, 0.25) is 0 Å². The van der Waals surface area contributed by atoms with Crippen LogP contribution in [-0.4, -0.2) is 43.5 Å². The first-order valence-electron chi connectivity index (χ1n) is 8.92. The van der Waals surface area contributed by atoms with Crippen molar-refractivity contribution < 1.29 is 4.79 Å². The van der Waals surface area contributed by atoms with E-state index in [1.807, 2.05) is 41.8 Å². The highest BCUT2D eigenvalue weighted by atomic mass is 16.1. The number of benzene rings is 1. The molecule has 1 aliphatic rings. The molecule has 0 atom stereocenters. The Hall–Kier alpha value is -2.86. The molecule has 1 saturated heterocycles. The average molecular weight is 347 g/mol. The molecule has 132 valence electrons. The topological polar surface area (TPSA) is 63.9 Å². The molecule has 1 fully saturated rings. The van der Waals surface area contributed by atoms with Gasteiger partial charge >= 0.3 is 0 Å². The van der Waals surface area contributed by atoms with Gasteiger partial charge < -0.3 is 0 Å². The molecule has 0 N–H and O–H groups in total. The van der Waals surface area contributed by atoms with Crippen LogP contribution in [0.15, 0.2) is 48.7 Å². The zero-order valence-electron chi connectivity index (χ0n) is 14.8. The summed E-state index contributed by atoms with van der Waals surface area (Å²) in [6.07, 6.45) is 4.09. The predicted octanol–water partition coefficient (Wildman–Crippen LogP) is 2.80. The molecule has 0 spiro atoms. The van der Waals surface area contributed by atoms with Gasteiger partial charge in [0.15, 0.2) is 5.82 Å². The van der Waals surface area contributed by atoms with Crippen molar-refractivity contribution in [3.8, 4) is 5.69 Å². The van der Waals surface area contributed by atoms with Crippen LogP contribution in [0.25, 0.3) is 5.69 Å². The Morgan fingerprint density at radius 1 is 1.04 bits per heavy atom. The zero-order chi connectivity index (χ0) is 17.9. The summed E-state index contributed by atoms with van der Waals surface area (Å²) in [5.74, 6) is 1.55. The summed E-state index contributed by atoms with van der Waals surface area (Å²) in [5.41, 5.74) is 1.85. The van der Waals surface area contributed by atoms with Crippen molar-refractivity contribution in [2.45, 2.75) is 26.3 Å². The van der Waals surface area contributed by atoms with Gasteiger partial charge in [-0.25, -0.2) is 0 Å². The van der Waals surface area contributed by atoms with Crippen molar-refractivity contribution in [3.05, 3.63) is 71.6 Å². The number of likely N-dealkylation sites (tertiary alicyclic amines) is 1. The third kappa shape index (κ3) is 3.15. The van der Waals surface area contributed by atoms with E-state index in [9.17, 15) is 4.79 Å². The van der Waals surface area contributed by atoms with Gasteiger partial charge in [0, 0.05) is 11.8 Å². The van der Waals surface area contributed by atoms with Crippen LogP contribution in [0.4, 0.5) is 0 Å². The summed E-state index contributed by atoms with van der Waals surface area (Å²) >= 11 is 0. The highest BCUT2D eigenvalue weighted by Crippen LogP contribution is 2.22. The number of carbonyl (C=O) groups excluding carboxylic acids is 1. The standard InChI is InChI=1S/C20H21N5O/c1-15-22-23-19(14-24-12-6-7-13-24)25(15)18-10-3-2-8-16(18)20(26)17-9-4-5-11-21-17/h2-5,8-11H,6-7,12-14H2,1H3. The van der Waals surface area contributed by atoms with Gasteiger partial charge in [-0.05, 0) is 57.1 Å². The van der Waals surface area contributed by atoms with E-state index in [1.54, 1.807) is 18.3 Å². The quantitative estimate of drug-likeness (QED) is 0.664. The van der Waals surface area contributed by atoms with Crippen LogP contribution < -0.4 is 0 Å². The number of nitrogens with zero attached hydrogens (tertiary/aromatic N) is 5. The molecular weight excluding hydrogens is 326 g/mol. The van der Waals surface area contributed by atoms with E-state index in [4.69, 9.17) is 0 Å². The smallest absolute Gasteiger partial charge is 0.213 e. The van der Waals surface area contributed by atoms with Gasteiger partial charge in [-0.15, -0.1) is 10.2 Å². The largest absolute Gasteiger partial charge is 0.296 e. The number of aromatic nitrogens is 4. The summed E-state index contributed by atoms with van der Waals surface area (Å²) in [7, 11) is 0. The first-order valence-corrected chi connectivity index (χ1v) is 8.92. The van der Waals surface area contributed by atoms with Crippen LogP contribution in [0.3, 0.4) is 0 Å². The Kier molecular flexibility index (Phi) is 4.58. The van der Waals surface area contributed by atoms with Crippen molar-refractivity contribution in [1.82, 2.24) is 24.6 Å². The van der Waals surface area contributed by atoms with E-state index in [2.05, 4.69) is 20.1 Å². The predicted molar refractivity (Wildman–Crippen MR) is 98.3 cm³/mol. The first-order chi connectivity index (χ1) is 12.7. The molecule has 6 heteroatoms. The molecule has 6 nitrogen and oxygen atoms in total. The van der Waals surface area contributed by atoms with E-state index >= 15 is 0 Å². The van der Waals surface area contributed by atoms with Crippen molar-refractivity contribution >= 4 is 5.78 Å². The fourth-order valence-corrected chi connectivity index (χ4v) is 3.46. The zero-order valence-corrected chi connectivity index (χ0v) is 14.8. The van der Waals surface area contributed by atoms with E-state index in [0.29, 0.717) is 11.3 Å². The monoisotopic (exact) mass is 347 g/mol. The third-order valence-corrected chi connectivity index (χ3v) is 4.74. The van der Waals surface area contributed by atoms with Crippen molar-refractivity contribution in [2.24, 2.45) is 0 Å². The van der Waals surface area contributed by atoms with Crippen LogP contribution in [0.1, 0.15) is 40.5 Å². The summed E-state index contributed by atoms with van der Waals surface area (Å²) in [6, 6.07) is 13.0. The molecule has 0 bridgehead atoms. The summed E-state index contributed by atoms with van der Waals surface area (Å²) in [5, 5.41) is 8.64. The van der Waals surface area contributed by atoms with Gasteiger partial charge in [-0.3, -0.25) is 19.2 Å². The number of para-hydroxylation sites is 1. The molecule has 0 saturated carbocycles. The summed E-state index contributed by atoms with van der Waals surface area (Å²) in [6.45, 7) is 4.83. The number of aryl methyl sites for hydroxylation is 1. The second-order valence-electron chi connectivity index (χ2n) is 6.54. The van der Waals surface area contributed by atoms with Gasteiger partial charge in [0.05, 0.1) is 12.2 Å². The molecular formula is C20H21N5O. The lowest BCUT2D eigenvalue weighted by atomic mass is 10.1. The maximum Gasteiger partial charge on any atom is 0.213 e. The minimum Gasteiger partial charge on any atom is -0.296 e. The van der Waals surface area contributed by atoms with Gasteiger partial charge in [-0.1, -0.05) is 18.2 Å². The molecule has 0 unspecified atom stereocenters. The Labute approximate surface area is 152 Å². The molecule has 1 aliphatic heterocycles. The fraction of sp³-hybridized carbons (Fsp3) is 0.300. The Balaban J connectivity index is 1.75. The molecule has 3 aromatic rings. The van der Waals surface area contributed by atoms with Crippen LogP contribution in [0.5, 0.6) is 0 Å². The Morgan fingerprint density at radius 2 is 1.81 bits per heavy atom. The summed E-state index contributed by atoms with van der Waals surface area (Å²) < 4.78 is 1.99. The van der Waals surface area contributed by atoms with Gasteiger partial charge in [0.1, 0.15) is 11.5 Å². The van der Waals surface area contributed by atoms with Crippen molar-refractivity contribution in [3.63, 3.8) is 0 Å². The van der Waals surface area contributed by atoms with Crippen LogP contribution >= 0.6 is 0 Å². The second-order valence-corrected chi connectivity index (χ2v) is 6.54. The minimum atomic E-state index is -0.0959. The van der Waals surface area contributed by atoms with Gasteiger partial charge in [0.2, 0.25) is 5.78 Å². The highest BCUT2D eigenvalue weighted by Gasteiger charge is 2.21. The van der Waals surface area contributed by atoms with Crippen LogP contribution in [0, 0.1) is 6.92 Å². The van der Waals surface area contributed by atoms with Crippen molar-refractivity contribution in [2.75, 3.05) is 13.1 Å². The number of carbonyl (C=O) groups is 1. The molecule has 26 heavy (non-hydrogen) atoms. The van der Waals surface area contributed by atoms with E-state index in [0.717, 1.165) is 37.0 Å². The molecule has 2 aromatic heterocycles. The van der Waals surface area contributed by atoms with Gasteiger partial charge in [0.25, 0.3) is 0 Å². The maximum absolute atomic E-state index is 13.0. The number of rotatable bonds is 5. The Morgan fingerprint density at radius 3 is 2.58 bits per heavy atom. The van der Waals surface area contributed by atoms with Crippen LogP contribution in [-0.2, 0) is 6.54 Å². The van der Waals surface area contributed by atoms with E-state index in [1.165, 1.54) is 12.8 Å². The number of hydrogen-bond acceptors (Lipinski definition) is 5. The Bertz CT molecular complexity index is 913. The third-order valence-electron chi connectivity index (χ3n) is 4.74. The molecule has 0 aliphatic carbocycles.